The normalized spacial score (nSPS) is 10.3. The Kier molecular flexibility index (Phi) is 15.4. The summed E-state index contributed by atoms with van der Waals surface area (Å²) in [6.07, 6.45) is 3.46. The molecule has 0 saturated heterocycles. The van der Waals surface area contributed by atoms with Gasteiger partial charge in [-0.15, -0.1) is 17.8 Å². The summed E-state index contributed by atoms with van der Waals surface area (Å²) in [5.41, 5.74) is 3.04. The van der Waals surface area contributed by atoms with Crippen LogP contribution in [0, 0.1) is 0 Å². The third-order valence-corrected chi connectivity index (χ3v) is 12.0. The third kappa shape index (κ3) is 11.2. The van der Waals surface area contributed by atoms with Crippen LogP contribution in [0.1, 0.15) is 11.4 Å². The average molecular weight is 724 g/mol. The maximum Gasteiger partial charge on any atom is 0.0456 e. The van der Waals surface area contributed by atoms with Gasteiger partial charge < -0.3 is 10.1 Å². The number of hydrogen-bond acceptors (Lipinski definition) is 2. The molecule has 46 heavy (non-hydrogen) atoms. The number of carbonyl (C=O) groups excluding carboxylic acids is 1. The molecule has 1 heterocycles. The van der Waals surface area contributed by atoms with Gasteiger partial charge in [0.2, 0.25) is 0 Å². The summed E-state index contributed by atoms with van der Waals surface area (Å²) in [5, 5.41) is 8.60. The topological polar surface area (TPSA) is 42.0 Å². The number of hydrogen-bond donors (Lipinski definition) is 1. The van der Waals surface area contributed by atoms with Crippen LogP contribution in [0.5, 0.6) is 0 Å². The molecular formula is C38H32Cl2N2NiOP2-. The maximum absolute atomic E-state index is 9.79. The number of nitrogens with one attached hydrogen (secondary N) is 1. The number of amides is 1. The van der Waals surface area contributed by atoms with Crippen molar-refractivity contribution >= 4 is 71.0 Å². The van der Waals surface area contributed by atoms with Gasteiger partial charge in [0.25, 0.3) is 0 Å². The molecule has 0 bridgehead atoms. The van der Waals surface area contributed by atoms with Crippen molar-refractivity contribution in [2.45, 2.75) is 12.3 Å². The molecule has 0 unspecified atom stereocenters. The second-order valence-corrected chi connectivity index (χ2v) is 14.7. The van der Waals surface area contributed by atoms with Crippen molar-refractivity contribution in [2.75, 3.05) is 5.32 Å². The molecule has 0 aliphatic rings. The van der Waals surface area contributed by atoms with Gasteiger partial charge in [0.15, 0.2) is 0 Å². The van der Waals surface area contributed by atoms with Crippen LogP contribution >= 0.6 is 37.6 Å². The number of halogens is 2. The molecule has 6 rings (SSSR count). The standard InChI is InChI=1S/C31H27NP2.C7H5ClNO.ClH.Ni/c1-5-16-28(17-6-1)33(29-18-7-2-8-19-29)24-26-14-13-15-27(32-26)25-34(30-20-9-3-10-21-30)31-22-11-4-12-23-31;8-6-1-3-7(4-2-6)9-5-10;;/h1-23H,24-25H2;1-4H,(H,9,10);1H;/q;-1;;+1/p-1. The van der Waals surface area contributed by atoms with Crippen molar-refractivity contribution in [3.8, 4) is 0 Å². The van der Waals surface area contributed by atoms with E-state index < -0.39 is 15.8 Å². The number of pyridine rings is 1. The number of benzene rings is 5. The SMILES string of the molecule is O=[C-]Nc1ccc(Cl)cc1.[Cl][Ni].c1ccc(P(Cc2cccc(CP(c3ccccc3)c3ccccc3)n2)c2ccccc2)cc1. The van der Waals surface area contributed by atoms with Gasteiger partial charge >= 0.3 is 24.8 Å². The van der Waals surface area contributed by atoms with Crippen LogP contribution in [0.3, 0.4) is 0 Å². The van der Waals surface area contributed by atoms with E-state index in [1.807, 2.05) is 0 Å². The van der Waals surface area contributed by atoms with E-state index in [-0.39, 0.29) is 0 Å². The fraction of sp³-hybridized carbons (Fsp3) is 0.0526. The monoisotopic (exact) mass is 722 g/mol. The van der Waals surface area contributed by atoms with E-state index in [0.717, 1.165) is 12.3 Å². The summed E-state index contributed by atoms with van der Waals surface area (Å²) < 4.78 is 0. The summed E-state index contributed by atoms with van der Waals surface area (Å²) in [5.74, 6) is 0. The maximum atomic E-state index is 9.79. The van der Waals surface area contributed by atoms with E-state index in [4.69, 9.17) is 16.6 Å². The quantitative estimate of drug-likeness (QED) is 0.0665. The molecule has 1 aromatic heterocycles. The summed E-state index contributed by atoms with van der Waals surface area (Å²) in [7, 11) is 3.25. The largest absolute Gasteiger partial charge is 0.257 e. The van der Waals surface area contributed by atoms with Crippen LogP contribution in [-0.4, -0.2) is 11.4 Å². The van der Waals surface area contributed by atoms with Crippen LogP contribution in [-0.2, 0) is 31.7 Å². The molecule has 3 nitrogen and oxygen atoms in total. The molecule has 0 aliphatic heterocycles. The molecule has 5 aromatic carbocycles. The zero-order valence-electron chi connectivity index (χ0n) is 24.8. The van der Waals surface area contributed by atoms with Crippen molar-refractivity contribution in [1.29, 1.82) is 0 Å². The summed E-state index contributed by atoms with van der Waals surface area (Å²) >= 11 is 8.93. The zero-order chi connectivity index (χ0) is 32.4. The van der Waals surface area contributed by atoms with E-state index in [1.165, 1.54) is 32.6 Å². The third-order valence-electron chi connectivity index (χ3n) is 6.82. The first-order valence-electron chi connectivity index (χ1n) is 14.4. The fourth-order valence-electron chi connectivity index (χ4n) is 4.72. The van der Waals surface area contributed by atoms with E-state index in [1.54, 1.807) is 30.7 Å². The zero-order valence-corrected chi connectivity index (χ0v) is 29.1. The second-order valence-electron chi connectivity index (χ2n) is 9.87. The number of anilines is 1. The van der Waals surface area contributed by atoms with Crippen LogP contribution in [0.4, 0.5) is 5.69 Å². The Morgan fingerprint density at radius 3 is 1.20 bits per heavy atom. The minimum Gasteiger partial charge on any atom is -0.257 e. The van der Waals surface area contributed by atoms with Gasteiger partial charge in [-0.25, -0.2) is 0 Å². The summed E-state index contributed by atoms with van der Waals surface area (Å²) in [6.45, 7) is 0. The van der Waals surface area contributed by atoms with Crippen LogP contribution in [0.2, 0.25) is 5.02 Å². The Morgan fingerprint density at radius 2 is 0.870 bits per heavy atom. The first-order valence-corrected chi connectivity index (χ1v) is 19.2. The van der Waals surface area contributed by atoms with Crippen LogP contribution in [0.15, 0.2) is 164 Å². The van der Waals surface area contributed by atoms with Crippen molar-refractivity contribution in [1.82, 2.24) is 4.98 Å². The minimum atomic E-state index is -0.505. The molecule has 0 saturated carbocycles. The molecular weight excluding hydrogens is 692 g/mol. The number of nitrogens with zero attached hydrogens (tertiary/aromatic N) is 1. The minimum absolute atomic E-state index is 0.505. The molecule has 0 aliphatic carbocycles. The molecule has 0 fully saturated rings. The van der Waals surface area contributed by atoms with Gasteiger partial charge in [-0.1, -0.05) is 151 Å². The van der Waals surface area contributed by atoms with Gasteiger partial charge in [0.1, 0.15) is 0 Å². The van der Waals surface area contributed by atoms with Crippen molar-refractivity contribution in [3.63, 3.8) is 0 Å². The van der Waals surface area contributed by atoms with Crippen molar-refractivity contribution in [3.05, 3.63) is 180 Å². The van der Waals surface area contributed by atoms with E-state index in [9.17, 15) is 4.79 Å². The smallest absolute Gasteiger partial charge is 0.0456 e. The predicted molar refractivity (Wildman–Crippen MR) is 196 cm³/mol. The van der Waals surface area contributed by atoms with Gasteiger partial charge in [-0.05, 0) is 49.2 Å². The molecule has 1 amide bonds. The second kappa shape index (κ2) is 20.0. The number of aromatic nitrogens is 1. The number of rotatable bonds is 10. The van der Waals surface area contributed by atoms with E-state index >= 15 is 0 Å². The molecule has 1 N–H and O–H groups in total. The molecule has 235 valence electrons. The first kappa shape index (κ1) is 35.5. The Balaban J connectivity index is 0.000000340. The Hall–Kier alpha value is -3.35. The molecule has 0 atom stereocenters. The van der Waals surface area contributed by atoms with E-state index in [2.05, 4.69) is 170 Å². The van der Waals surface area contributed by atoms with E-state index in [0.29, 0.717) is 10.7 Å². The van der Waals surface area contributed by atoms with Gasteiger partial charge in [0.05, 0.1) is 6.41 Å². The predicted octanol–water partition coefficient (Wildman–Crippen LogP) is 8.85. The molecule has 6 aromatic rings. The fourth-order valence-corrected chi connectivity index (χ4v) is 9.30. The Bertz CT molecular complexity index is 1540. The molecule has 8 heteroatoms. The summed E-state index contributed by atoms with van der Waals surface area (Å²) in [6, 6.07) is 56.9. The average Bonchev–Trinajstić information content (AvgIpc) is 3.13. The molecule has 0 spiro atoms. The van der Waals surface area contributed by atoms with Crippen LogP contribution < -0.4 is 26.5 Å². The Labute approximate surface area is 291 Å². The summed E-state index contributed by atoms with van der Waals surface area (Å²) in [4.78, 5) is 15.0. The van der Waals surface area contributed by atoms with Crippen molar-refractivity contribution in [2.24, 2.45) is 0 Å². The van der Waals surface area contributed by atoms with Gasteiger partial charge in [-0.3, -0.25) is 4.98 Å². The van der Waals surface area contributed by atoms with Gasteiger partial charge in [-0.2, -0.15) is 0 Å². The molecule has 0 radical (unpaired) electrons. The van der Waals surface area contributed by atoms with Gasteiger partial charge in [0, 0.05) is 28.7 Å². The van der Waals surface area contributed by atoms with Crippen LogP contribution in [0.25, 0.3) is 0 Å². The van der Waals surface area contributed by atoms with Crippen molar-refractivity contribution < 1.29 is 19.4 Å². The first-order chi connectivity index (χ1) is 22.7. The Morgan fingerprint density at radius 1 is 0.522 bits per heavy atom.